The Morgan fingerprint density at radius 3 is 2.32 bits per heavy atom. The molecule has 0 aliphatic rings. The summed E-state index contributed by atoms with van der Waals surface area (Å²) in [5.74, 6) is 0.879. The van der Waals surface area contributed by atoms with Gasteiger partial charge in [-0.05, 0) is 30.5 Å². The van der Waals surface area contributed by atoms with Crippen LogP contribution in [0.1, 0.15) is 50.5 Å². The molecule has 0 aromatic heterocycles. The first kappa shape index (κ1) is 18.7. The molecule has 1 aromatic carbocycles. The van der Waals surface area contributed by atoms with Crippen molar-refractivity contribution in [1.82, 2.24) is 0 Å². The summed E-state index contributed by atoms with van der Waals surface area (Å²) in [5.41, 5.74) is 1.18. The second-order valence-electron chi connectivity index (χ2n) is 5.61. The van der Waals surface area contributed by atoms with E-state index in [0.29, 0.717) is 6.61 Å². The van der Waals surface area contributed by atoms with Crippen LogP contribution in [-0.4, -0.2) is 24.9 Å². The third-order valence-electron chi connectivity index (χ3n) is 3.74. The Hall–Kier alpha value is -1.32. The van der Waals surface area contributed by atoms with Crippen LogP contribution in [0.4, 0.5) is 0 Å². The Bertz CT molecular complexity index is 386. The maximum Gasteiger partial charge on any atom is 0.118 e. The van der Waals surface area contributed by atoms with E-state index in [0.717, 1.165) is 31.6 Å². The molecule has 0 fully saturated rings. The van der Waals surface area contributed by atoms with Crippen LogP contribution in [-0.2, 0) is 11.3 Å². The molecule has 0 spiro atoms. The molecule has 3 heteroatoms. The molecule has 0 aliphatic heterocycles. The second-order valence-corrected chi connectivity index (χ2v) is 5.61. The van der Waals surface area contributed by atoms with Crippen LogP contribution in [0.25, 0.3) is 0 Å². The quantitative estimate of drug-likeness (QED) is 0.431. The van der Waals surface area contributed by atoms with E-state index >= 15 is 0 Å². The van der Waals surface area contributed by atoms with E-state index in [1.54, 1.807) is 13.2 Å². The van der Waals surface area contributed by atoms with Crippen LogP contribution in [0.15, 0.2) is 36.9 Å². The highest BCUT2D eigenvalue weighted by Crippen LogP contribution is 2.13. The monoisotopic (exact) mass is 306 g/mol. The van der Waals surface area contributed by atoms with Crippen molar-refractivity contribution in [2.45, 2.75) is 57.7 Å². The van der Waals surface area contributed by atoms with Gasteiger partial charge in [0.25, 0.3) is 0 Å². The smallest absolute Gasteiger partial charge is 0.118 e. The molecule has 3 nitrogen and oxygen atoms in total. The molecule has 1 aromatic rings. The van der Waals surface area contributed by atoms with Gasteiger partial charge >= 0.3 is 0 Å². The zero-order chi connectivity index (χ0) is 16.0. The summed E-state index contributed by atoms with van der Waals surface area (Å²) >= 11 is 0. The number of methoxy groups -OCH3 is 1. The third kappa shape index (κ3) is 8.85. The van der Waals surface area contributed by atoms with E-state index in [1.165, 1.54) is 31.2 Å². The highest BCUT2D eigenvalue weighted by molar-refractivity contribution is 5.26. The largest absolute Gasteiger partial charge is 0.497 e. The number of hydrogen-bond acceptors (Lipinski definition) is 3. The van der Waals surface area contributed by atoms with Gasteiger partial charge in [-0.25, -0.2) is 0 Å². The number of ether oxygens (including phenoxy) is 2. The zero-order valence-corrected chi connectivity index (χ0v) is 13.8. The van der Waals surface area contributed by atoms with Crippen LogP contribution in [0.3, 0.4) is 0 Å². The summed E-state index contributed by atoms with van der Waals surface area (Å²) in [5, 5.41) is 9.34. The van der Waals surface area contributed by atoms with Crippen molar-refractivity contribution in [1.29, 1.82) is 0 Å². The molecular weight excluding hydrogens is 276 g/mol. The maximum absolute atomic E-state index is 9.34. The summed E-state index contributed by atoms with van der Waals surface area (Å²) in [6.45, 7) is 5.07. The van der Waals surface area contributed by atoms with Gasteiger partial charge in [-0.1, -0.05) is 50.3 Å². The first-order valence-corrected chi connectivity index (χ1v) is 8.27. The van der Waals surface area contributed by atoms with Gasteiger partial charge < -0.3 is 14.6 Å². The molecule has 1 unspecified atom stereocenters. The number of hydrogen-bond donors (Lipinski definition) is 1. The standard InChI is InChI=1S/C19H30O3/c1-3-18(20)10-8-6-4-5-7-9-15-22-16-17-11-13-19(21-2)14-12-17/h3,11-14,18,20H,1,4-10,15-16H2,2H3. The summed E-state index contributed by atoms with van der Waals surface area (Å²) in [7, 11) is 1.67. The van der Waals surface area contributed by atoms with Crippen LogP contribution in [0.2, 0.25) is 0 Å². The summed E-state index contributed by atoms with van der Waals surface area (Å²) in [4.78, 5) is 0. The number of aliphatic hydroxyl groups is 1. The molecule has 22 heavy (non-hydrogen) atoms. The molecule has 0 saturated carbocycles. The fourth-order valence-corrected chi connectivity index (χ4v) is 2.29. The van der Waals surface area contributed by atoms with E-state index in [9.17, 15) is 5.11 Å². The lowest BCUT2D eigenvalue weighted by molar-refractivity contribution is 0.116. The second kappa shape index (κ2) is 12.2. The molecule has 0 aliphatic carbocycles. The Morgan fingerprint density at radius 2 is 1.68 bits per heavy atom. The number of benzene rings is 1. The van der Waals surface area contributed by atoms with Gasteiger partial charge in [0.1, 0.15) is 5.75 Å². The summed E-state index contributed by atoms with van der Waals surface area (Å²) in [6, 6.07) is 8.00. The van der Waals surface area contributed by atoms with Gasteiger partial charge in [0.15, 0.2) is 0 Å². The van der Waals surface area contributed by atoms with E-state index in [2.05, 4.69) is 6.58 Å². The van der Waals surface area contributed by atoms with Gasteiger partial charge in [-0.2, -0.15) is 0 Å². The molecule has 0 bridgehead atoms. The number of rotatable bonds is 13. The van der Waals surface area contributed by atoms with Crippen molar-refractivity contribution >= 4 is 0 Å². The number of aliphatic hydroxyl groups excluding tert-OH is 1. The van der Waals surface area contributed by atoms with Crippen LogP contribution in [0.5, 0.6) is 5.75 Å². The fraction of sp³-hybridized carbons (Fsp3) is 0.579. The topological polar surface area (TPSA) is 38.7 Å². The van der Waals surface area contributed by atoms with Crippen molar-refractivity contribution < 1.29 is 14.6 Å². The number of unbranched alkanes of at least 4 members (excludes halogenated alkanes) is 5. The van der Waals surface area contributed by atoms with Gasteiger partial charge in [-0.3, -0.25) is 0 Å². The van der Waals surface area contributed by atoms with Gasteiger partial charge in [-0.15, -0.1) is 6.58 Å². The molecule has 0 heterocycles. The summed E-state index contributed by atoms with van der Waals surface area (Å²) < 4.78 is 10.8. The highest BCUT2D eigenvalue weighted by Gasteiger charge is 1.98. The average molecular weight is 306 g/mol. The Balaban J connectivity index is 1.90. The van der Waals surface area contributed by atoms with E-state index in [-0.39, 0.29) is 6.10 Å². The van der Waals surface area contributed by atoms with Crippen molar-refractivity contribution in [3.8, 4) is 5.75 Å². The minimum atomic E-state index is -0.327. The molecule has 1 N–H and O–H groups in total. The average Bonchev–Trinajstić information content (AvgIpc) is 2.56. The first-order chi connectivity index (χ1) is 10.8. The van der Waals surface area contributed by atoms with Crippen LogP contribution in [0, 0.1) is 0 Å². The zero-order valence-electron chi connectivity index (χ0n) is 13.8. The van der Waals surface area contributed by atoms with E-state index in [1.807, 2.05) is 24.3 Å². The van der Waals surface area contributed by atoms with E-state index < -0.39 is 0 Å². The fourth-order valence-electron chi connectivity index (χ4n) is 2.29. The molecule has 1 rings (SSSR count). The molecule has 0 saturated heterocycles. The van der Waals surface area contributed by atoms with E-state index in [4.69, 9.17) is 9.47 Å². The highest BCUT2D eigenvalue weighted by atomic mass is 16.5. The lowest BCUT2D eigenvalue weighted by atomic mass is 10.1. The van der Waals surface area contributed by atoms with Crippen LogP contribution >= 0.6 is 0 Å². The van der Waals surface area contributed by atoms with Crippen molar-refractivity contribution in [2.24, 2.45) is 0 Å². The molecule has 0 amide bonds. The first-order valence-electron chi connectivity index (χ1n) is 8.27. The van der Waals surface area contributed by atoms with Gasteiger partial charge in [0.05, 0.1) is 19.8 Å². The van der Waals surface area contributed by atoms with Gasteiger partial charge in [0.2, 0.25) is 0 Å². The predicted molar refractivity (Wildman–Crippen MR) is 91.2 cm³/mol. The van der Waals surface area contributed by atoms with Gasteiger partial charge in [0, 0.05) is 6.61 Å². The molecule has 1 atom stereocenters. The third-order valence-corrected chi connectivity index (χ3v) is 3.74. The predicted octanol–water partition coefficient (Wildman–Crippen LogP) is 4.49. The molecule has 124 valence electrons. The minimum Gasteiger partial charge on any atom is -0.497 e. The maximum atomic E-state index is 9.34. The normalized spacial score (nSPS) is 12.1. The van der Waals surface area contributed by atoms with Crippen LogP contribution < -0.4 is 4.74 Å². The van der Waals surface area contributed by atoms with Crippen molar-refractivity contribution in [2.75, 3.05) is 13.7 Å². The molecular formula is C19H30O3. The molecule has 0 radical (unpaired) electrons. The lowest BCUT2D eigenvalue weighted by Gasteiger charge is -2.06. The van der Waals surface area contributed by atoms with Crippen molar-refractivity contribution in [3.05, 3.63) is 42.5 Å². The SMILES string of the molecule is C=CC(O)CCCCCCCCOCc1ccc(OC)cc1. The lowest BCUT2D eigenvalue weighted by Crippen LogP contribution is -2.00. The summed E-state index contributed by atoms with van der Waals surface area (Å²) in [6.07, 6.45) is 9.22. The minimum absolute atomic E-state index is 0.327. The Labute approximate surface area is 135 Å². The van der Waals surface area contributed by atoms with Crippen molar-refractivity contribution in [3.63, 3.8) is 0 Å². The Kier molecular flexibility index (Phi) is 10.4. The Morgan fingerprint density at radius 1 is 1.05 bits per heavy atom.